The van der Waals surface area contributed by atoms with Crippen LogP contribution < -0.4 is 5.73 Å². The van der Waals surface area contributed by atoms with Crippen molar-refractivity contribution >= 4 is 11.9 Å². The van der Waals surface area contributed by atoms with E-state index in [0.717, 1.165) is 0 Å². The van der Waals surface area contributed by atoms with Gasteiger partial charge in [-0.15, -0.1) is 0 Å². The van der Waals surface area contributed by atoms with Gasteiger partial charge in [-0.2, -0.15) is 0 Å². The third-order valence-electron chi connectivity index (χ3n) is 1.43. The molecule has 5 heteroatoms. The van der Waals surface area contributed by atoms with Crippen LogP contribution in [-0.4, -0.2) is 43.5 Å². The monoisotopic (exact) mass is 174 g/mol. The van der Waals surface area contributed by atoms with Crippen LogP contribution in [0.2, 0.25) is 0 Å². The van der Waals surface area contributed by atoms with Gasteiger partial charge in [0.15, 0.2) is 0 Å². The van der Waals surface area contributed by atoms with Crippen LogP contribution >= 0.6 is 0 Å². The Hall–Kier alpha value is -1.10. The van der Waals surface area contributed by atoms with Gasteiger partial charge in [0.05, 0.1) is 7.11 Å². The van der Waals surface area contributed by atoms with E-state index >= 15 is 0 Å². The molecule has 5 nitrogen and oxygen atoms in total. The minimum atomic E-state index is -0.842. The van der Waals surface area contributed by atoms with Crippen LogP contribution in [-0.2, 0) is 14.3 Å². The summed E-state index contributed by atoms with van der Waals surface area (Å²) in [5.41, 5.74) is 5.24. The number of methoxy groups -OCH3 is 1. The fraction of sp³-hybridized carbons (Fsp3) is 0.714. The van der Waals surface area contributed by atoms with Gasteiger partial charge in [0.1, 0.15) is 0 Å². The number of ether oxygens (including phenoxy) is 1. The Morgan fingerprint density at radius 1 is 1.50 bits per heavy atom. The SMILES string of the molecule is CCN(CCN)C(=O)C(=O)OC. The van der Waals surface area contributed by atoms with Crippen LogP contribution in [0.25, 0.3) is 0 Å². The maximum absolute atomic E-state index is 11.1. The number of carbonyl (C=O) groups is 2. The highest BCUT2D eigenvalue weighted by atomic mass is 16.5. The molecule has 1 amide bonds. The third-order valence-corrected chi connectivity index (χ3v) is 1.43. The first-order valence-electron chi connectivity index (χ1n) is 3.74. The third kappa shape index (κ3) is 2.87. The van der Waals surface area contributed by atoms with Crippen molar-refractivity contribution in [2.75, 3.05) is 26.7 Å². The Morgan fingerprint density at radius 3 is 2.42 bits per heavy atom. The molecule has 70 valence electrons. The Morgan fingerprint density at radius 2 is 2.08 bits per heavy atom. The van der Waals surface area contributed by atoms with Crippen LogP contribution in [0.1, 0.15) is 6.92 Å². The quantitative estimate of drug-likeness (QED) is 0.438. The minimum Gasteiger partial charge on any atom is -0.462 e. The number of hydrogen-bond acceptors (Lipinski definition) is 4. The first-order chi connectivity index (χ1) is 5.67. The van der Waals surface area contributed by atoms with E-state index in [1.165, 1.54) is 12.0 Å². The zero-order valence-electron chi connectivity index (χ0n) is 7.37. The standard InChI is InChI=1S/C7H14N2O3/c1-3-9(5-4-8)6(10)7(11)12-2/h3-5,8H2,1-2H3. The van der Waals surface area contributed by atoms with Crippen molar-refractivity contribution in [3.05, 3.63) is 0 Å². The first kappa shape index (κ1) is 10.9. The molecule has 0 aromatic carbocycles. The van der Waals surface area contributed by atoms with Crippen molar-refractivity contribution in [2.45, 2.75) is 6.92 Å². The van der Waals surface area contributed by atoms with Crippen LogP contribution in [0.5, 0.6) is 0 Å². The largest absolute Gasteiger partial charge is 0.462 e. The topological polar surface area (TPSA) is 72.6 Å². The van der Waals surface area contributed by atoms with Crippen LogP contribution in [0.15, 0.2) is 0 Å². The van der Waals surface area contributed by atoms with E-state index in [2.05, 4.69) is 4.74 Å². The number of nitrogens with two attached hydrogens (primary N) is 1. The molecule has 0 aromatic rings. The number of amides is 1. The molecule has 0 aliphatic carbocycles. The van der Waals surface area contributed by atoms with E-state index in [9.17, 15) is 9.59 Å². The highest BCUT2D eigenvalue weighted by Crippen LogP contribution is 1.90. The summed E-state index contributed by atoms with van der Waals surface area (Å²) >= 11 is 0. The number of esters is 1. The highest BCUT2D eigenvalue weighted by molar-refractivity contribution is 6.32. The van der Waals surface area contributed by atoms with Gasteiger partial charge in [-0.3, -0.25) is 4.79 Å². The van der Waals surface area contributed by atoms with Crippen molar-refractivity contribution in [1.29, 1.82) is 0 Å². The molecule has 0 unspecified atom stereocenters. The molecule has 0 saturated carbocycles. The molecule has 0 spiro atoms. The molecule has 0 aromatic heterocycles. The van der Waals surface area contributed by atoms with Crippen LogP contribution in [0, 0.1) is 0 Å². The maximum Gasteiger partial charge on any atom is 0.396 e. The molecule has 0 saturated heterocycles. The Bertz CT molecular complexity index is 170. The van der Waals surface area contributed by atoms with E-state index in [1.807, 2.05) is 0 Å². The molecular formula is C7H14N2O3. The predicted octanol–water partition coefficient (Wildman–Crippen LogP) is -1.03. The Kier molecular flexibility index (Phi) is 5.03. The van der Waals surface area contributed by atoms with Gasteiger partial charge >= 0.3 is 11.9 Å². The summed E-state index contributed by atoms with van der Waals surface area (Å²) < 4.78 is 4.27. The second-order valence-electron chi connectivity index (χ2n) is 2.17. The molecule has 0 aliphatic heterocycles. The van der Waals surface area contributed by atoms with E-state index in [1.54, 1.807) is 6.92 Å². The lowest BCUT2D eigenvalue weighted by atomic mass is 10.4. The number of hydrogen-bond donors (Lipinski definition) is 1. The fourth-order valence-corrected chi connectivity index (χ4v) is 0.776. The molecule has 2 N–H and O–H groups in total. The summed E-state index contributed by atoms with van der Waals surface area (Å²) in [6, 6.07) is 0. The van der Waals surface area contributed by atoms with Crippen molar-refractivity contribution in [3.8, 4) is 0 Å². The van der Waals surface area contributed by atoms with Crippen molar-refractivity contribution in [2.24, 2.45) is 5.73 Å². The summed E-state index contributed by atoms with van der Waals surface area (Å²) in [6.07, 6.45) is 0. The molecule has 0 radical (unpaired) electrons. The van der Waals surface area contributed by atoms with Gasteiger partial charge in [-0.1, -0.05) is 0 Å². The lowest BCUT2D eigenvalue weighted by Crippen LogP contribution is -2.40. The molecule has 0 rings (SSSR count). The Balaban J connectivity index is 4.11. The highest BCUT2D eigenvalue weighted by Gasteiger charge is 2.19. The summed E-state index contributed by atoms with van der Waals surface area (Å²) in [7, 11) is 1.18. The van der Waals surface area contributed by atoms with E-state index in [4.69, 9.17) is 5.73 Å². The number of likely N-dealkylation sites (N-methyl/N-ethyl adjacent to an activating group) is 1. The number of carbonyl (C=O) groups excluding carboxylic acids is 2. The number of nitrogens with zero attached hydrogens (tertiary/aromatic N) is 1. The first-order valence-corrected chi connectivity index (χ1v) is 3.74. The second-order valence-corrected chi connectivity index (χ2v) is 2.17. The zero-order chi connectivity index (χ0) is 9.56. The van der Waals surface area contributed by atoms with Gasteiger partial charge < -0.3 is 15.4 Å². The lowest BCUT2D eigenvalue weighted by molar-refractivity contribution is -0.158. The van der Waals surface area contributed by atoms with Gasteiger partial charge in [0.2, 0.25) is 0 Å². The predicted molar refractivity (Wildman–Crippen MR) is 43.3 cm³/mol. The van der Waals surface area contributed by atoms with Gasteiger partial charge in [0.25, 0.3) is 0 Å². The fourth-order valence-electron chi connectivity index (χ4n) is 0.776. The lowest BCUT2D eigenvalue weighted by Gasteiger charge is -2.17. The molecule has 0 bridgehead atoms. The van der Waals surface area contributed by atoms with Gasteiger partial charge in [-0.25, -0.2) is 4.79 Å². The average molecular weight is 174 g/mol. The zero-order valence-corrected chi connectivity index (χ0v) is 7.37. The summed E-state index contributed by atoms with van der Waals surface area (Å²) in [4.78, 5) is 23.2. The summed E-state index contributed by atoms with van der Waals surface area (Å²) in [5, 5.41) is 0. The maximum atomic E-state index is 11.1. The van der Waals surface area contributed by atoms with Crippen LogP contribution in [0.4, 0.5) is 0 Å². The molecule has 0 aliphatic rings. The van der Waals surface area contributed by atoms with Crippen molar-refractivity contribution in [1.82, 2.24) is 4.90 Å². The van der Waals surface area contributed by atoms with Crippen LogP contribution in [0.3, 0.4) is 0 Å². The second kappa shape index (κ2) is 5.54. The molecular weight excluding hydrogens is 160 g/mol. The molecule has 12 heavy (non-hydrogen) atoms. The Labute approximate surface area is 71.5 Å². The van der Waals surface area contributed by atoms with Crippen molar-refractivity contribution < 1.29 is 14.3 Å². The van der Waals surface area contributed by atoms with Crippen molar-refractivity contribution in [3.63, 3.8) is 0 Å². The minimum absolute atomic E-state index is 0.344. The summed E-state index contributed by atoms with van der Waals surface area (Å²) in [5.74, 6) is -1.48. The number of rotatable bonds is 3. The van der Waals surface area contributed by atoms with E-state index in [-0.39, 0.29) is 0 Å². The summed E-state index contributed by atoms with van der Waals surface area (Å²) in [6.45, 7) is 2.96. The van der Waals surface area contributed by atoms with Gasteiger partial charge in [0, 0.05) is 19.6 Å². The normalized spacial score (nSPS) is 9.25. The average Bonchev–Trinajstić information content (AvgIpc) is 2.11. The molecule has 0 atom stereocenters. The molecule has 0 heterocycles. The molecule has 0 fully saturated rings. The van der Waals surface area contributed by atoms with Gasteiger partial charge in [-0.05, 0) is 6.92 Å². The van der Waals surface area contributed by atoms with E-state index in [0.29, 0.717) is 19.6 Å². The van der Waals surface area contributed by atoms with E-state index < -0.39 is 11.9 Å². The smallest absolute Gasteiger partial charge is 0.396 e.